The molecule has 1 aliphatic heterocycles. The van der Waals surface area contributed by atoms with Crippen molar-refractivity contribution in [1.82, 2.24) is 4.98 Å². The number of alkyl halides is 3. The fourth-order valence-corrected chi connectivity index (χ4v) is 4.75. The van der Waals surface area contributed by atoms with E-state index in [1.165, 1.54) is 44.5 Å². The van der Waals surface area contributed by atoms with E-state index < -0.39 is 47.3 Å². The monoisotopic (exact) mass is 561 g/mol. The standard InChI is InChI=1S/C28H27F4N3O5/c1-15-21(18-9-10-20(22(29)23(18)38-3)39-14-16-7-5-4-6-8-16)24(40-27(15,2)28(30,31)32)26(37)35-17-11-12-34-19(13-17)25(33)36/h4-13,15,21,24H,14H2,1-3H3,(H2,33,36)(H,34,35,37)/t15-,21-,24+,27+/m0/s1. The van der Waals surface area contributed by atoms with Gasteiger partial charge in [-0.25, -0.2) is 0 Å². The third-order valence-electron chi connectivity index (χ3n) is 7.10. The van der Waals surface area contributed by atoms with Crippen LogP contribution in [0, 0.1) is 11.7 Å². The van der Waals surface area contributed by atoms with Gasteiger partial charge < -0.3 is 25.3 Å². The molecule has 0 bridgehead atoms. The molecule has 4 atom stereocenters. The third-order valence-corrected chi connectivity index (χ3v) is 7.10. The van der Waals surface area contributed by atoms with Gasteiger partial charge in [-0.1, -0.05) is 43.3 Å². The number of hydrogen-bond donors (Lipinski definition) is 2. The average molecular weight is 562 g/mol. The maximum Gasteiger partial charge on any atom is 0.417 e. The number of hydrogen-bond acceptors (Lipinski definition) is 6. The normalized spacial score (nSPS) is 22.5. The number of carbonyl (C=O) groups is 2. The zero-order valence-corrected chi connectivity index (χ0v) is 21.8. The molecule has 0 aliphatic carbocycles. The number of aromatic nitrogens is 1. The average Bonchev–Trinajstić information content (AvgIpc) is 3.20. The molecule has 1 fully saturated rings. The minimum Gasteiger partial charge on any atom is -0.493 e. The van der Waals surface area contributed by atoms with Gasteiger partial charge >= 0.3 is 6.18 Å². The van der Waals surface area contributed by atoms with Gasteiger partial charge in [0.2, 0.25) is 5.82 Å². The Labute approximate surface area is 227 Å². The molecule has 0 unspecified atom stereocenters. The van der Waals surface area contributed by atoms with Gasteiger partial charge in [-0.15, -0.1) is 0 Å². The molecule has 12 heteroatoms. The number of benzene rings is 2. The number of halogens is 4. The molecule has 1 saturated heterocycles. The Morgan fingerprint density at radius 3 is 2.48 bits per heavy atom. The first kappa shape index (κ1) is 28.8. The number of nitrogens with zero attached hydrogens (tertiary/aromatic N) is 1. The van der Waals surface area contributed by atoms with Crippen LogP contribution in [0.25, 0.3) is 0 Å². The summed E-state index contributed by atoms with van der Waals surface area (Å²) < 4.78 is 74.6. The van der Waals surface area contributed by atoms with Crippen LogP contribution in [0.15, 0.2) is 60.8 Å². The molecule has 1 aromatic heterocycles. The fraction of sp³-hybridized carbons (Fsp3) is 0.321. The number of amides is 2. The number of ether oxygens (including phenoxy) is 3. The van der Waals surface area contributed by atoms with Crippen LogP contribution in [0.5, 0.6) is 11.5 Å². The highest BCUT2D eigenvalue weighted by atomic mass is 19.4. The van der Waals surface area contributed by atoms with Crippen molar-refractivity contribution in [2.45, 2.75) is 44.3 Å². The molecular weight excluding hydrogens is 534 g/mol. The van der Waals surface area contributed by atoms with E-state index in [1.807, 2.05) is 6.07 Å². The number of primary amides is 1. The van der Waals surface area contributed by atoms with E-state index in [1.54, 1.807) is 24.3 Å². The van der Waals surface area contributed by atoms with E-state index in [4.69, 9.17) is 19.9 Å². The summed E-state index contributed by atoms with van der Waals surface area (Å²) in [7, 11) is 1.17. The van der Waals surface area contributed by atoms with Crippen molar-refractivity contribution in [2.24, 2.45) is 11.7 Å². The van der Waals surface area contributed by atoms with Crippen molar-refractivity contribution in [3.05, 3.63) is 83.4 Å². The van der Waals surface area contributed by atoms with Crippen LogP contribution in [0.2, 0.25) is 0 Å². The Bertz CT molecular complexity index is 1400. The first-order chi connectivity index (χ1) is 18.9. The quantitative estimate of drug-likeness (QED) is 0.375. The highest BCUT2D eigenvalue weighted by Gasteiger charge is 2.66. The van der Waals surface area contributed by atoms with E-state index in [9.17, 15) is 22.8 Å². The Morgan fingerprint density at radius 1 is 1.15 bits per heavy atom. The van der Waals surface area contributed by atoms with Crippen LogP contribution < -0.4 is 20.5 Å². The molecule has 0 spiro atoms. The van der Waals surface area contributed by atoms with Gasteiger partial charge in [0.05, 0.1) is 7.11 Å². The number of rotatable bonds is 8. The van der Waals surface area contributed by atoms with Crippen LogP contribution >= 0.6 is 0 Å². The zero-order chi connectivity index (χ0) is 29.2. The molecule has 3 N–H and O–H groups in total. The number of nitrogens with two attached hydrogens (primary N) is 1. The molecule has 0 saturated carbocycles. The number of carbonyl (C=O) groups excluding carboxylic acids is 2. The number of methoxy groups -OCH3 is 1. The van der Waals surface area contributed by atoms with E-state index in [0.29, 0.717) is 0 Å². The van der Waals surface area contributed by atoms with E-state index in [0.717, 1.165) is 12.5 Å². The third kappa shape index (κ3) is 5.44. The molecule has 2 aromatic carbocycles. The molecule has 8 nitrogen and oxygen atoms in total. The van der Waals surface area contributed by atoms with Crippen molar-refractivity contribution >= 4 is 17.5 Å². The molecule has 2 heterocycles. The van der Waals surface area contributed by atoms with Crippen LogP contribution in [-0.2, 0) is 16.1 Å². The van der Waals surface area contributed by atoms with Crippen molar-refractivity contribution in [3.63, 3.8) is 0 Å². The van der Waals surface area contributed by atoms with Crippen LogP contribution in [0.3, 0.4) is 0 Å². The lowest BCUT2D eigenvalue weighted by Crippen LogP contribution is -2.47. The number of anilines is 1. The largest absolute Gasteiger partial charge is 0.493 e. The summed E-state index contributed by atoms with van der Waals surface area (Å²) >= 11 is 0. The van der Waals surface area contributed by atoms with Crippen molar-refractivity contribution < 1.29 is 41.4 Å². The predicted molar refractivity (Wildman–Crippen MR) is 136 cm³/mol. The van der Waals surface area contributed by atoms with Crippen LogP contribution in [-0.4, -0.2) is 41.8 Å². The molecule has 0 radical (unpaired) electrons. The molecule has 3 aromatic rings. The number of nitrogens with one attached hydrogen (secondary N) is 1. The Kier molecular flexibility index (Phi) is 8.01. The van der Waals surface area contributed by atoms with Crippen LogP contribution in [0.4, 0.5) is 23.2 Å². The van der Waals surface area contributed by atoms with Gasteiger partial charge in [0, 0.05) is 29.3 Å². The lowest BCUT2D eigenvalue weighted by atomic mass is 9.77. The maximum atomic E-state index is 15.6. The molecular formula is C28H27F4N3O5. The first-order valence-corrected chi connectivity index (χ1v) is 12.2. The fourth-order valence-electron chi connectivity index (χ4n) is 4.75. The molecule has 212 valence electrons. The lowest BCUT2D eigenvalue weighted by Gasteiger charge is -2.32. The predicted octanol–water partition coefficient (Wildman–Crippen LogP) is 4.99. The second kappa shape index (κ2) is 11.1. The first-order valence-electron chi connectivity index (χ1n) is 12.2. The minimum atomic E-state index is -4.86. The smallest absolute Gasteiger partial charge is 0.417 e. The molecule has 40 heavy (non-hydrogen) atoms. The zero-order valence-electron chi connectivity index (χ0n) is 21.8. The Balaban J connectivity index is 1.71. The SMILES string of the molecule is COc1c([C@H]2[C@H](C(=O)Nc3ccnc(C(N)=O)c3)O[C@@](C)(C(F)(F)F)[C@H]2C)ccc(OCc2ccccc2)c1F. The molecule has 2 amide bonds. The van der Waals surface area contributed by atoms with Crippen molar-refractivity contribution in [2.75, 3.05) is 12.4 Å². The van der Waals surface area contributed by atoms with Gasteiger partial charge in [-0.2, -0.15) is 17.6 Å². The van der Waals surface area contributed by atoms with Crippen molar-refractivity contribution in [3.8, 4) is 11.5 Å². The van der Waals surface area contributed by atoms with Crippen molar-refractivity contribution in [1.29, 1.82) is 0 Å². The Hall–Kier alpha value is -4.19. The number of pyridine rings is 1. The summed E-state index contributed by atoms with van der Waals surface area (Å²) in [6.45, 7) is 2.16. The van der Waals surface area contributed by atoms with Crippen LogP contribution in [0.1, 0.15) is 41.4 Å². The van der Waals surface area contributed by atoms with Gasteiger partial charge in [0.15, 0.2) is 17.1 Å². The summed E-state index contributed by atoms with van der Waals surface area (Å²) in [5.74, 6) is -5.90. The van der Waals surface area contributed by atoms with Gasteiger partial charge in [0.25, 0.3) is 11.8 Å². The summed E-state index contributed by atoms with van der Waals surface area (Å²) in [6, 6.07) is 14.1. The van der Waals surface area contributed by atoms with Gasteiger partial charge in [-0.05, 0) is 30.7 Å². The molecule has 4 rings (SSSR count). The van der Waals surface area contributed by atoms with E-state index in [-0.39, 0.29) is 35.1 Å². The summed E-state index contributed by atoms with van der Waals surface area (Å²) in [4.78, 5) is 28.6. The lowest BCUT2D eigenvalue weighted by molar-refractivity contribution is -0.272. The van der Waals surface area contributed by atoms with Gasteiger partial charge in [0.1, 0.15) is 18.4 Å². The summed E-state index contributed by atoms with van der Waals surface area (Å²) in [6.07, 6.45) is -5.37. The van der Waals surface area contributed by atoms with E-state index >= 15 is 4.39 Å². The Morgan fingerprint density at radius 2 is 1.85 bits per heavy atom. The summed E-state index contributed by atoms with van der Waals surface area (Å²) in [5, 5.41) is 2.45. The second-order valence-corrected chi connectivity index (χ2v) is 9.52. The highest BCUT2D eigenvalue weighted by molar-refractivity contribution is 5.97. The molecule has 1 aliphatic rings. The highest BCUT2D eigenvalue weighted by Crippen LogP contribution is 2.55. The topological polar surface area (TPSA) is 113 Å². The minimum absolute atomic E-state index is 0.000222. The van der Waals surface area contributed by atoms with E-state index in [2.05, 4.69) is 10.3 Å². The maximum absolute atomic E-state index is 15.6. The van der Waals surface area contributed by atoms with Gasteiger partial charge in [-0.3, -0.25) is 14.6 Å². The summed E-state index contributed by atoms with van der Waals surface area (Å²) in [5.41, 5.74) is 3.15. The second-order valence-electron chi connectivity index (χ2n) is 9.52.